The average molecular weight is 382 g/mol. The van der Waals surface area contributed by atoms with Crippen LogP contribution in [-0.4, -0.2) is 28.4 Å². The predicted octanol–water partition coefficient (Wildman–Crippen LogP) is 3.48. The second kappa shape index (κ2) is 8.79. The molecule has 0 aliphatic heterocycles. The molecule has 27 heavy (non-hydrogen) atoms. The molecule has 0 saturated heterocycles. The van der Waals surface area contributed by atoms with Crippen molar-refractivity contribution in [2.45, 2.75) is 0 Å². The summed E-state index contributed by atoms with van der Waals surface area (Å²) in [5.41, 5.74) is 0. The molecule has 0 fully saturated rings. The van der Waals surface area contributed by atoms with E-state index in [0.29, 0.717) is 0 Å². The van der Waals surface area contributed by atoms with E-state index in [4.69, 9.17) is 18.9 Å². The van der Waals surface area contributed by atoms with Crippen LogP contribution in [0.1, 0.15) is 0 Å². The molecule has 0 aliphatic rings. The SMILES string of the molecule is COc1ccc(P(c2ccccc2)c2ccc(OC)cc2OC)c(OC)c1. The Labute approximate surface area is 161 Å². The monoisotopic (exact) mass is 382 g/mol. The number of hydrogen-bond donors (Lipinski definition) is 0. The van der Waals surface area contributed by atoms with Crippen molar-refractivity contribution in [3.05, 3.63) is 66.7 Å². The van der Waals surface area contributed by atoms with Gasteiger partial charge in [0.1, 0.15) is 23.0 Å². The molecular weight excluding hydrogens is 359 g/mol. The fraction of sp³-hybridized carbons (Fsp3) is 0.182. The molecule has 4 nitrogen and oxygen atoms in total. The van der Waals surface area contributed by atoms with Crippen molar-refractivity contribution >= 4 is 23.8 Å². The van der Waals surface area contributed by atoms with Crippen LogP contribution in [0.2, 0.25) is 0 Å². The van der Waals surface area contributed by atoms with Gasteiger partial charge >= 0.3 is 0 Å². The molecule has 0 amide bonds. The van der Waals surface area contributed by atoms with E-state index >= 15 is 0 Å². The Morgan fingerprint density at radius 2 is 1.04 bits per heavy atom. The molecule has 0 N–H and O–H groups in total. The first-order valence-corrected chi connectivity index (χ1v) is 9.85. The second-order valence-corrected chi connectivity index (χ2v) is 7.90. The van der Waals surface area contributed by atoms with E-state index in [-0.39, 0.29) is 0 Å². The van der Waals surface area contributed by atoms with Gasteiger partial charge in [-0.05, 0) is 37.5 Å². The van der Waals surface area contributed by atoms with Gasteiger partial charge in [-0.15, -0.1) is 0 Å². The van der Waals surface area contributed by atoms with Crippen molar-refractivity contribution in [2.75, 3.05) is 28.4 Å². The van der Waals surface area contributed by atoms with Crippen LogP contribution in [0.3, 0.4) is 0 Å². The van der Waals surface area contributed by atoms with E-state index in [1.54, 1.807) is 28.4 Å². The molecule has 3 aromatic rings. The standard InChI is InChI=1S/C22H23O4P/c1-23-16-10-12-21(19(14-16)25-3)27(18-8-6-5-7-9-18)22-13-11-17(24-2)15-20(22)26-4/h5-15H,1-4H3. The van der Waals surface area contributed by atoms with Gasteiger partial charge in [0.25, 0.3) is 0 Å². The first kappa shape index (κ1) is 19.1. The van der Waals surface area contributed by atoms with Crippen LogP contribution in [0.4, 0.5) is 0 Å². The molecule has 0 heterocycles. The Morgan fingerprint density at radius 3 is 1.44 bits per heavy atom. The van der Waals surface area contributed by atoms with Crippen molar-refractivity contribution < 1.29 is 18.9 Å². The molecule has 0 spiro atoms. The van der Waals surface area contributed by atoms with Crippen molar-refractivity contribution in [3.63, 3.8) is 0 Å². The smallest absolute Gasteiger partial charge is 0.130 e. The summed E-state index contributed by atoms with van der Waals surface area (Å²) in [6.45, 7) is 0. The quantitative estimate of drug-likeness (QED) is 0.587. The Bertz CT molecular complexity index is 841. The van der Waals surface area contributed by atoms with E-state index in [2.05, 4.69) is 36.4 Å². The first-order chi connectivity index (χ1) is 13.2. The maximum absolute atomic E-state index is 5.70. The third kappa shape index (κ3) is 4.01. The Kier molecular flexibility index (Phi) is 6.20. The van der Waals surface area contributed by atoms with E-state index in [0.717, 1.165) is 33.6 Å². The van der Waals surface area contributed by atoms with Crippen molar-refractivity contribution in [1.29, 1.82) is 0 Å². The summed E-state index contributed by atoms with van der Waals surface area (Å²) in [4.78, 5) is 0. The average Bonchev–Trinajstić information content (AvgIpc) is 2.75. The van der Waals surface area contributed by atoms with Gasteiger partial charge in [0.05, 0.1) is 28.4 Å². The molecule has 0 atom stereocenters. The summed E-state index contributed by atoms with van der Waals surface area (Å²) in [5.74, 6) is 3.12. The number of rotatable bonds is 7. The van der Waals surface area contributed by atoms with E-state index in [1.165, 1.54) is 5.30 Å². The molecule has 0 radical (unpaired) electrons. The maximum atomic E-state index is 5.70. The third-order valence-corrected chi connectivity index (χ3v) is 6.79. The zero-order chi connectivity index (χ0) is 19.2. The minimum Gasteiger partial charge on any atom is -0.497 e. The molecule has 0 unspecified atom stereocenters. The predicted molar refractivity (Wildman–Crippen MR) is 111 cm³/mol. The minimum atomic E-state index is -0.895. The minimum absolute atomic E-state index is 0.764. The summed E-state index contributed by atoms with van der Waals surface area (Å²) < 4.78 is 22.1. The van der Waals surface area contributed by atoms with Crippen molar-refractivity contribution in [3.8, 4) is 23.0 Å². The lowest BCUT2D eigenvalue weighted by Crippen LogP contribution is -2.23. The number of benzene rings is 3. The summed E-state index contributed by atoms with van der Waals surface area (Å²) >= 11 is 0. The summed E-state index contributed by atoms with van der Waals surface area (Å²) in [6.07, 6.45) is 0. The molecule has 3 rings (SSSR count). The van der Waals surface area contributed by atoms with Crippen LogP contribution in [-0.2, 0) is 0 Å². The zero-order valence-electron chi connectivity index (χ0n) is 15.9. The van der Waals surface area contributed by atoms with E-state index in [9.17, 15) is 0 Å². The summed E-state index contributed by atoms with van der Waals surface area (Å²) in [7, 11) is 5.78. The lowest BCUT2D eigenvalue weighted by Gasteiger charge is -2.24. The van der Waals surface area contributed by atoms with Crippen LogP contribution in [0.25, 0.3) is 0 Å². The highest BCUT2D eigenvalue weighted by molar-refractivity contribution is 7.80. The highest BCUT2D eigenvalue weighted by atomic mass is 31.1. The topological polar surface area (TPSA) is 36.9 Å². The largest absolute Gasteiger partial charge is 0.497 e. The summed E-state index contributed by atoms with van der Waals surface area (Å²) in [6, 6.07) is 22.3. The maximum Gasteiger partial charge on any atom is 0.130 e. The number of methoxy groups -OCH3 is 4. The van der Waals surface area contributed by atoms with Crippen LogP contribution < -0.4 is 34.9 Å². The number of ether oxygens (including phenoxy) is 4. The Balaban J connectivity index is 2.23. The van der Waals surface area contributed by atoms with Gasteiger partial charge in [-0.3, -0.25) is 0 Å². The van der Waals surface area contributed by atoms with Gasteiger partial charge in [0.2, 0.25) is 0 Å². The molecule has 0 bridgehead atoms. The van der Waals surface area contributed by atoms with Crippen LogP contribution >= 0.6 is 7.92 Å². The van der Waals surface area contributed by atoms with Crippen LogP contribution in [0.15, 0.2) is 66.7 Å². The Morgan fingerprint density at radius 1 is 0.556 bits per heavy atom. The van der Waals surface area contributed by atoms with Crippen molar-refractivity contribution in [1.82, 2.24) is 0 Å². The molecule has 0 aromatic heterocycles. The second-order valence-electron chi connectivity index (χ2n) is 5.75. The lowest BCUT2D eigenvalue weighted by molar-refractivity contribution is 0.396. The fourth-order valence-corrected chi connectivity index (χ4v) is 5.41. The third-order valence-electron chi connectivity index (χ3n) is 4.27. The molecule has 5 heteroatoms. The number of hydrogen-bond acceptors (Lipinski definition) is 4. The van der Waals surface area contributed by atoms with E-state index < -0.39 is 7.92 Å². The van der Waals surface area contributed by atoms with Crippen LogP contribution in [0.5, 0.6) is 23.0 Å². The fourth-order valence-electron chi connectivity index (χ4n) is 2.92. The van der Waals surface area contributed by atoms with Crippen LogP contribution in [0, 0.1) is 0 Å². The molecular formula is C22H23O4P. The van der Waals surface area contributed by atoms with Gasteiger partial charge in [-0.2, -0.15) is 0 Å². The zero-order valence-corrected chi connectivity index (χ0v) is 16.8. The van der Waals surface area contributed by atoms with Gasteiger partial charge in [-0.25, -0.2) is 0 Å². The van der Waals surface area contributed by atoms with E-state index in [1.807, 2.05) is 30.3 Å². The summed E-state index contributed by atoms with van der Waals surface area (Å²) in [5, 5.41) is 3.41. The first-order valence-electron chi connectivity index (χ1n) is 8.51. The lowest BCUT2D eigenvalue weighted by atomic mass is 10.3. The van der Waals surface area contributed by atoms with Gasteiger partial charge < -0.3 is 18.9 Å². The van der Waals surface area contributed by atoms with Gasteiger partial charge in [0, 0.05) is 22.7 Å². The molecule has 0 saturated carbocycles. The van der Waals surface area contributed by atoms with Gasteiger partial charge in [-0.1, -0.05) is 30.3 Å². The van der Waals surface area contributed by atoms with Gasteiger partial charge in [0.15, 0.2) is 0 Å². The molecule has 3 aromatic carbocycles. The molecule has 0 aliphatic carbocycles. The normalized spacial score (nSPS) is 10.6. The van der Waals surface area contributed by atoms with Crippen molar-refractivity contribution in [2.24, 2.45) is 0 Å². The molecule has 140 valence electrons. The Hall–Kier alpha value is -2.71. The highest BCUT2D eigenvalue weighted by Crippen LogP contribution is 2.41. The highest BCUT2D eigenvalue weighted by Gasteiger charge is 2.24.